The van der Waals surface area contributed by atoms with Crippen LogP contribution in [-0.4, -0.2) is 58.9 Å². The Morgan fingerprint density at radius 1 is 1.08 bits per heavy atom. The standard InChI is InChI=1S/C23H30N4O9S2/c1-14-12-19(35-4)15(2)16(3)20(14)38(33,34)27-22(24)26-37(31,32)11-10-18(21(28)29)25-23(30)36-13-17-8-6-5-7-9-17/h5-9,12,18H,10-11,13H2,1-4H3,(H,25,30)(H,28,29)(H3,24,26,27)/t18-/m0/s1. The fraction of sp³-hybridized carbons (Fsp3) is 0.348. The number of amides is 1. The highest BCUT2D eigenvalue weighted by Gasteiger charge is 2.26. The summed E-state index contributed by atoms with van der Waals surface area (Å²) in [5.74, 6) is -2.78. The molecule has 0 heterocycles. The van der Waals surface area contributed by atoms with Gasteiger partial charge in [-0.25, -0.2) is 18.0 Å². The first kappa shape index (κ1) is 30.4. The van der Waals surface area contributed by atoms with E-state index in [1.165, 1.54) is 20.1 Å². The molecule has 0 aliphatic carbocycles. The lowest BCUT2D eigenvalue weighted by molar-refractivity contribution is -0.139. The number of nitrogens with one attached hydrogen (secondary N) is 2. The number of carbonyl (C=O) groups excluding carboxylic acids is 1. The van der Waals surface area contributed by atoms with Crippen molar-refractivity contribution in [3.8, 4) is 5.75 Å². The Labute approximate surface area is 221 Å². The van der Waals surface area contributed by atoms with Crippen LogP contribution in [0.15, 0.2) is 45.7 Å². The second kappa shape index (κ2) is 12.6. The molecule has 2 aromatic carbocycles. The molecule has 208 valence electrons. The van der Waals surface area contributed by atoms with Gasteiger partial charge in [-0.05, 0) is 55.5 Å². The van der Waals surface area contributed by atoms with Crippen molar-refractivity contribution in [2.75, 3.05) is 12.9 Å². The number of ether oxygens (including phenoxy) is 2. The molecule has 15 heteroatoms. The number of carbonyl (C=O) groups is 2. The van der Waals surface area contributed by atoms with Gasteiger partial charge in [-0.1, -0.05) is 30.3 Å². The predicted octanol–water partition coefficient (Wildman–Crippen LogP) is 1.31. The maximum atomic E-state index is 12.9. The summed E-state index contributed by atoms with van der Waals surface area (Å²) in [5.41, 5.74) is 7.47. The van der Waals surface area contributed by atoms with E-state index in [2.05, 4.69) is 9.71 Å². The molecule has 38 heavy (non-hydrogen) atoms. The second-order valence-corrected chi connectivity index (χ2v) is 11.6. The fourth-order valence-electron chi connectivity index (χ4n) is 3.47. The van der Waals surface area contributed by atoms with Crippen molar-refractivity contribution in [2.45, 2.75) is 44.7 Å². The zero-order chi connectivity index (χ0) is 28.7. The van der Waals surface area contributed by atoms with Gasteiger partial charge in [0.2, 0.25) is 16.0 Å². The van der Waals surface area contributed by atoms with E-state index in [1.807, 2.05) is 4.72 Å². The van der Waals surface area contributed by atoms with Gasteiger partial charge in [0.25, 0.3) is 10.0 Å². The monoisotopic (exact) mass is 570 g/mol. The lowest BCUT2D eigenvalue weighted by atomic mass is 10.1. The minimum atomic E-state index is -4.42. The third-order valence-corrected chi connectivity index (χ3v) is 8.29. The minimum Gasteiger partial charge on any atom is -0.496 e. The van der Waals surface area contributed by atoms with E-state index in [0.29, 0.717) is 28.0 Å². The van der Waals surface area contributed by atoms with Gasteiger partial charge in [-0.2, -0.15) is 8.42 Å². The van der Waals surface area contributed by atoms with E-state index < -0.39 is 56.3 Å². The average molecular weight is 571 g/mol. The molecule has 0 aliphatic rings. The topological polar surface area (TPSA) is 204 Å². The molecule has 1 atom stereocenters. The third kappa shape index (κ3) is 8.34. The van der Waals surface area contributed by atoms with Crippen LogP contribution in [0, 0.1) is 20.8 Å². The van der Waals surface area contributed by atoms with E-state index in [1.54, 1.807) is 44.2 Å². The number of carboxylic acid groups (broad SMARTS) is 1. The molecule has 2 aromatic rings. The van der Waals surface area contributed by atoms with E-state index in [-0.39, 0.29) is 11.5 Å². The van der Waals surface area contributed by atoms with Crippen molar-refractivity contribution in [3.63, 3.8) is 0 Å². The van der Waals surface area contributed by atoms with Crippen molar-refractivity contribution in [2.24, 2.45) is 10.1 Å². The first-order chi connectivity index (χ1) is 17.7. The predicted molar refractivity (Wildman–Crippen MR) is 139 cm³/mol. The molecule has 1 amide bonds. The van der Waals surface area contributed by atoms with Crippen LogP contribution in [0.4, 0.5) is 4.79 Å². The van der Waals surface area contributed by atoms with Crippen molar-refractivity contribution < 1.29 is 41.0 Å². The number of alkyl carbamates (subject to hydrolysis) is 1. The number of aliphatic carboxylic acids is 1. The lowest BCUT2D eigenvalue weighted by Crippen LogP contribution is -2.44. The van der Waals surface area contributed by atoms with Crippen LogP contribution in [0.25, 0.3) is 0 Å². The molecule has 0 saturated carbocycles. The zero-order valence-corrected chi connectivity index (χ0v) is 22.9. The van der Waals surface area contributed by atoms with Crippen LogP contribution >= 0.6 is 0 Å². The molecule has 0 fully saturated rings. The van der Waals surface area contributed by atoms with Gasteiger partial charge in [0, 0.05) is 0 Å². The van der Waals surface area contributed by atoms with Crippen LogP contribution in [0.3, 0.4) is 0 Å². The number of hydrogen-bond acceptors (Lipinski definition) is 8. The Bertz CT molecular complexity index is 1420. The maximum absolute atomic E-state index is 12.9. The van der Waals surface area contributed by atoms with E-state index >= 15 is 0 Å². The van der Waals surface area contributed by atoms with Crippen LogP contribution in [0.1, 0.15) is 28.7 Å². The van der Waals surface area contributed by atoms with Gasteiger partial charge in [-0.3, -0.25) is 4.72 Å². The summed E-state index contributed by atoms with van der Waals surface area (Å²) in [6, 6.07) is 8.53. The molecule has 2 rings (SSSR count). The number of sulfonamides is 2. The van der Waals surface area contributed by atoms with Crippen LogP contribution in [0.2, 0.25) is 0 Å². The molecule has 0 radical (unpaired) electrons. The van der Waals surface area contributed by atoms with Gasteiger partial charge < -0.3 is 25.6 Å². The Balaban J connectivity index is 2.07. The van der Waals surface area contributed by atoms with Crippen molar-refractivity contribution in [3.05, 3.63) is 58.7 Å². The number of hydrogen-bond donors (Lipinski definition) is 4. The molecule has 5 N–H and O–H groups in total. The number of rotatable bonds is 11. The average Bonchev–Trinajstić information content (AvgIpc) is 2.82. The Hall–Kier alpha value is -3.85. The highest BCUT2D eigenvalue weighted by Crippen LogP contribution is 2.31. The first-order valence-corrected chi connectivity index (χ1v) is 14.2. The highest BCUT2D eigenvalue weighted by atomic mass is 32.2. The molecule has 0 aliphatic heterocycles. The van der Waals surface area contributed by atoms with Crippen molar-refractivity contribution in [1.29, 1.82) is 0 Å². The Kier molecular flexibility index (Phi) is 10.1. The molecule has 0 aromatic heterocycles. The molecule has 13 nitrogen and oxygen atoms in total. The van der Waals surface area contributed by atoms with Gasteiger partial charge in [0.15, 0.2) is 0 Å². The molecule has 0 unspecified atom stereocenters. The number of methoxy groups -OCH3 is 1. The number of nitrogens with zero attached hydrogens (tertiary/aromatic N) is 1. The SMILES string of the molecule is COc1cc(C)c(S(=O)(=O)/N=C(\N)NS(=O)(=O)CC[C@H](NC(=O)OCc2ccccc2)C(=O)O)c(C)c1C. The number of benzene rings is 2. The number of guanidine groups is 1. The molecular formula is C23H30N4O9S2. The number of nitrogens with two attached hydrogens (primary N) is 1. The van der Waals surface area contributed by atoms with E-state index in [0.717, 1.165) is 0 Å². The van der Waals surface area contributed by atoms with Gasteiger partial charge in [0.05, 0.1) is 17.8 Å². The lowest BCUT2D eigenvalue weighted by Gasteiger charge is -2.16. The van der Waals surface area contributed by atoms with Crippen LogP contribution in [0.5, 0.6) is 5.75 Å². The van der Waals surface area contributed by atoms with Gasteiger partial charge >= 0.3 is 12.1 Å². The number of carboxylic acids is 1. The van der Waals surface area contributed by atoms with Crippen LogP contribution in [-0.2, 0) is 36.2 Å². The second-order valence-electron chi connectivity index (χ2n) is 8.23. The maximum Gasteiger partial charge on any atom is 0.408 e. The first-order valence-electron chi connectivity index (χ1n) is 11.1. The van der Waals surface area contributed by atoms with Gasteiger partial charge in [0.1, 0.15) is 18.4 Å². The van der Waals surface area contributed by atoms with Gasteiger partial charge in [-0.15, -0.1) is 4.40 Å². The fourth-order valence-corrected chi connectivity index (χ4v) is 5.94. The molecular weight excluding hydrogens is 540 g/mol. The summed E-state index contributed by atoms with van der Waals surface area (Å²) >= 11 is 0. The zero-order valence-electron chi connectivity index (χ0n) is 21.2. The summed E-state index contributed by atoms with van der Waals surface area (Å²) < 4.78 is 66.0. The Morgan fingerprint density at radius 2 is 1.71 bits per heavy atom. The molecule has 0 spiro atoms. The smallest absolute Gasteiger partial charge is 0.408 e. The normalized spacial score (nSPS) is 12.9. The molecule has 0 bridgehead atoms. The molecule has 0 saturated heterocycles. The summed E-state index contributed by atoms with van der Waals surface area (Å²) in [6.45, 7) is 4.62. The quantitative estimate of drug-likeness (QED) is 0.225. The highest BCUT2D eigenvalue weighted by molar-refractivity contribution is 7.91. The van der Waals surface area contributed by atoms with Crippen LogP contribution < -0.4 is 20.5 Å². The summed E-state index contributed by atoms with van der Waals surface area (Å²) in [7, 11) is -7.31. The summed E-state index contributed by atoms with van der Waals surface area (Å²) in [6.07, 6.45) is -1.62. The van der Waals surface area contributed by atoms with Crippen molar-refractivity contribution >= 4 is 38.1 Å². The summed E-state index contributed by atoms with van der Waals surface area (Å²) in [4.78, 5) is 23.3. The van der Waals surface area contributed by atoms with E-state index in [9.17, 15) is 31.5 Å². The van der Waals surface area contributed by atoms with E-state index in [4.69, 9.17) is 15.2 Å². The largest absolute Gasteiger partial charge is 0.496 e. The van der Waals surface area contributed by atoms with Crippen molar-refractivity contribution in [1.82, 2.24) is 10.0 Å². The number of aryl methyl sites for hydroxylation is 1. The summed E-state index contributed by atoms with van der Waals surface area (Å²) in [5, 5.41) is 11.4. The third-order valence-electron chi connectivity index (χ3n) is 5.41. The Morgan fingerprint density at radius 3 is 2.29 bits per heavy atom. The minimum absolute atomic E-state index is 0.118.